The quantitative estimate of drug-likeness (QED) is 0.589. The van der Waals surface area contributed by atoms with E-state index in [-0.39, 0.29) is 11.8 Å². The topological polar surface area (TPSA) is 55.6 Å². The maximum absolute atomic E-state index is 13.1. The molecule has 0 spiro atoms. The number of aromatic nitrogens is 2. The van der Waals surface area contributed by atoms with E-state index in [9.17, 15) is 4.79 Å². The molecule has 28 heavy (non-hydrogen) atoms. The highest BCUT2D eigenvalue weighted by molar-refractivity contribution is 5.96. The highest BCUT2D eigenvalue weighted by Crippen LogP contribution is 2.31. The van der Waals surface area contributed by atoms with E-state index in [0.29, 0.717) is 18.8 Å². The first kappa shape index (κ1) is 16.6. The number of amides is 1. The molecule has 5 rings (SSSR count). The maximum Gasteiger partial charge on any atom is 0.232 e. The van der Waals surface area contributed by atoms with Gasteiger partial charge in [-0.25, -0.2) is 4.98 Å². The normalized spacial score (nSPS) is 15.6. The average Bonchev–Trinajstić information content (AvgIpc) is 3.12. The Labute approximate surface area is 162 Å². The van der Waals surface area contributed by atoms with Crippen molar-refractivity contribution >= 4 is 17.4 Å². The molecule has 1 amide bonds. The molecule has 0 saturated carbocycles. The Bertz CT molecular complexity index is 1150. The van der Waals surface area contributed by atoms with Crippen molar-refractivity contribution in [2.45, 2.75) is 6.42 Å². The largest absolute Gasteiger partial charge is 0.492 e. The molecular weight excluding hydrogens is 350 g/mol. The minimum atomic E-state index is -0.243. The molecule has 0 saturated heterocycles. The number of anilines is 1. The molecule has 0 fully saturated rings. The molecule has 3 heterocycles. The second-order valence-corrected chi connectivity index (χ2v) is 6.91. The van der Waals surface area contributed by atoms with E-state index in [0.717, 1.165) is 28.2 Å². The number of nitrogens with one attached hydrogen (secondary N) is 1. The van der Waals surface area contributed by atoms with Gasteiger partial charge in [-0.3, -0.25) is 9.20 Å². The van der Waals surface area contributed by atoms with Gasteiger partial charge in [-0.2, -0.15) is 0 Å². The Morgan fingerprint density at radius 2 is 1.79 bits per heavy atom. The summed E-state index contributed by atoms with van der Waals surface area (Å²) in [5, 5.41) is 3.11. The molecule has 138 valence electrons. The van der Waals surface area contributed by atoms with Crippen LogP contribution in [0.4, 0.5) is 5.82 Å². The van der Waals surface area contributed by atoms with Crippen LogP contribution < -0.4 is 10.1 Å². The number of hydrogen-bond donors (Lipinski definition) is 1. The molecule has 0 aliphatic carbocycles. The Balaban J connectivity index is 1.49. The van der Waals surface area contributed by atoms with Crippen molar-refractivity contribution < 1.29 is 9.53 Å². The number of pyridine rings is 1. The number of carbonyl (C=O) groups excluding carboxylic acids is 1. The number of rotatable bonds is 3. The third-order valence-corrected chi connectivity index (χ3v) is 5.07. The summed E-state index contributed by atoms with van der Waals surface area (Å²) < 4.78 is 7.71. The van der Waals surface area contributed by atoms with E-state index in [1.807, 2.05) is 83.4 Å². The molecule has 0 radical (unpaired) electrons. The summed E-state index contributed by atoms with van der Waals surface area (Å²) >= 11 is 0. The van der Waals surface area contributed by atoms with Crippen LogP contribution in [0.15, 0.2) is 79.0 Å². The summed E-state index contributed by atoms with van der Waals surface area (Å²) in [6, 6.07) is 23.6. The van der Waals surface area contributed by atoms with Crippen LogP contribution in [0, 0.1) is 5.92 Å². The Morgan fingerprint density at radius 3 is 2.68 bits per heavy atom. The number of nitrogens with zero attached hydrogens (tertiary/aromatic N) is 2. The van der Waals surface area contributed by atoms with Gasteiger partial charge >= 0.3 is 0 Å². The zero-order valence-electron chi connectivity index (χ0n) is 15.2. The number of hydrogen-bond acceptors (Lipinski definition) is 3. The minimum absolute atomic E-state index is 0.0580. The summed E-state index contributed by atoms with van der Waals surface area (Å²) in [5.41, 5.74) is 3.58. The van der Waals surface area contributed by atoms with Crippen LogP contribution in [0.2, 0.25) is 0 Å². The summed E-state index contributed by atoms with van der Waals surface area (Å²) in [7, 11) is 0. The van der Waals surface area contributed by atoms with Crippen LogP contribution in [0.3, 0.4) is 0 Å². The molecule has 5 heteroatoms. The minimum Gasteiger partial charge on any atom is -0.492 e. The van der Waals surface area contributed by atoms with Crippen LogP contribution in [-0.4, -0.2) is 21.9 Å². The lowest BCUT2D eigenvalue weighted by atomic mass is 9.96. The molecule has 1 unspecified atom stereocenters. The van der Waals surface area contributed by atoms with E-state index in [2.05, 4.69) is 5.32 Å². The summed E-state index contributed by atoms with van der Waals surface area (Å²) in [6.45, 7) is 0.375. The van der Waals surface area contributed by atoms with E-state index < -0.39 is 0 Å². The zero-order valence-corrected chi connectivity index (χ0v) is 15.2. The van der Waals surface area contributed by atoms with Crippen molar-refractivity contribution in [3.63, 3.8) is 0 Å². The number of para-hydroxylation sites is 1. The van der Waals surface area contributed by atoms with Crippen LogP contribution in [-0.2, 0) is 11.2 Å². The number of fused-ring (bicyclic) bond motifs is 2. The second kappa shape index (κ2) is 6.85. The maximum atomic E-state index is 13.1. The molecule has 1 N–H and O–H groups in total. The lowest BCUT2D eigenvalue weighted by Gasteiger charge is -2.24. The van der Waals surface area contributed by atoms with Crippen molar-refractivity contribution in [1.82, 2.24) is 9.38 Å². The zero-order chi connectivity index (χ0) is 18.9. The predicted octanol–water partition coefficient (Wildman–Crippen LogP) is 4.19. The first-order valence-electron chi connectivity index (χ1n) is 9.33. The van der Waals surface area contributed by atoms with Crippen LogP contribution >= 0.6 is 0 Å². The number of ether oxygens (including phenoxy) is 1. The van der Waals surface area contributed by atoms with Gasteiger partial charge in [0, 0.05) is 11.8 Å². The molecule has 5 nitrogen and oxygen atoms in total. The summed E-state index contributed by atoms with van der Waals surface area (Å²) in [4.78, 5) is 17.8. The smallest absolute Gasteiger partial charge is 0.232 e. The molecule has 4 aromatic rings. The monoisotopic (exact) mass is 369 g/mol. The highest BCUT2D eigenvalue weighted by atomic mass is 16.5. The summed E-state index contributed by atoms with van der Waals surface area (Å²) in [6.07, 6.45) is 2.58. The van der Waals surface area contributed by atoms with Gasteiger partial charge in [-0.1, -0.05) is 54.6 Å². The average molecular weight is 369 g/mol. The molecule has 1 aliphatic heterocycles. The van der Waals surface area contributed by atoms with Crippen LogP contribution in [0.5, 0.6) is 5.75 Å². The molecule has 1 atom stereocenters. The first-order chi connectivity index (χ1) is 13.8. The van der Waals surface area contributed by atoms with Gasteiger partial charge in [-0.05, 0) is 30.2 Å². The number of benzene rings is 2. The lowest BCUT2D eigenvalue weighted by molar-refractivity contribution is -0.121. The Kier molecular flexibility index (Phi) is 4.05. The molecule has 2 aromatic heterocycles. The van der Waals surface area contributed by atoms with Crippen molar-refractivity contribution in [3.8, 4) is 17.0 Å². The molecule has 1 aliphatic rings. The van der Waals surface area contributed by atoms with Crippen molar-refractivity contribution in [2.24, 2.45) is 5.92 Å². The fourth-order valence-electron chi connectivity index (χ4n) is 3.63. The van der Waals surface area contributed by atoms with Gasteiger partial charge in [-0.15, -0.1) is 0 Å². The number of imidazole rings is 1. The van der Waals surface area contributed by atoms with Crippen molar-refractivity contribution in [1.29, 1.82) is 0 Å². The van der Waals surface area contributed by atoms with E-state index in [1.165, 1.54) is 0 Å². The van der Waals surface area contributed by atoms with Gasteiger partial charge in [0.25, 0.3) is 0 Å². The molecule has 2 aromatic carbocycles. The van der Waals surface area contributed by atoms with Gasteiger partial charge in [0.1, 0.15) is 29.5 Å². The van der Waals surface area contributed by atoms with Crippen LogP contribution in [0.1, 0.15) is 5.56 Å². The first-order valence-corrected chi connectivity index (χ1v) is 9.33. The Morgan fingerprint density at radius 1 is 1.00 bits per heavy atom. The standard InChI is InChI=1S/C23H19N3O2/c27-23(18-14-17-10-4-5-11-19(17)28-15-18)25-22-21(16-8-2-1-3-9-16)24-20-12-6-7-13-26(20)22/h1-13,18H,14-15H2,(H,25,27). The predicted molar refractivity (Wildman–Crippen MR) is 108 cm³/mol. The van der Waals surface area contributed by atoms with E-state index in [1.54, 1.807) is 0 Å². The van der Waals surface area contributed by atoms with Gasteiger partial charge in [0.2, 0.25) is 5.91 Å². The molecular formula is C23H19N3O2. The SMILES string of the molecule is O=C(Nc1c(-c2ccccc2)nc2ccccn12)C1COc2ccccc2C1. The van der Waals surface area contributed by atoms with Gasteiger partial charge < -0.3 is 10.1 Å². The van der Waals surface area contributed by atoms with Crippen LogP contribution in [0.25, 0.3) is 16.9 Å². The summed E-state index contributed by atoms with van der Waals surface area (Å²) in [5.74, 6) is 1.25. The number of carbonyl (C=O) groups is 1. The Hall–Kier alpha value is -3.60. The van der Waals surface area contributed by atoms with E-state index in [4.69, 9.17) is 9.72 Å². The highest BCUT2D eigenvalue weighted by Gasteiger charge is 2.27. The van der Waals surface area contributed by atoms with Gasteiger partial charge in [0.05, 0.1) is 5.92 Å². The van der Waals surface area contributed by atoms with Crippen molar-refractivity contribution in [2.75, 3.05) is 11.9 Å². The molecule has 0 bridgehead atoms. The fourth-order valence-corrected chi connectivity index (χ4v) is 3.63. The third-order valence-electron chi connectivity index (χ3n) is 5.07. The van der Waals surface area contributed by atoms with Crippen molar-refractivity contribution in [3.05, 3.63) is 84.6 Å². The fraction of sp³-hybridized carbons (Fsp3) is 0.130. The lowest BCUT2D eigenvalue weighted by Crippen LogP contribution is -2.33. The second-order valence-electron chi connectivity index (χ2n) is 6.91. The van der Waals surface area contributed by atoms with Gasteiger partial charge in [0.15, 0.2) is 0 Å². The van der Waals surface area contributed by atoms with E-state index >= 15 is 0 Å². The third kappa shape index (κ3) is 2.91.